The van der Waals surface area contributed by atoms with Crippen LogP contribution in [0.5, 0.6) is 0 Å². The highest BCUT2D eigenvalue weighted by molar-refractivity contribution is 6.12. The van der Waals surface area contributed by atoms with Crippen molar-refractivity contribution in [2.75, 3.05) is 5.43 Å². The van der Waals surface area contributed by atoms with Gasteiger partial charge in [0, 0.05) is 18.5 Å². The van der Waals surface area contributed by atoms with E-state index < -0.39 is 11.9 Å². The molecule has 0 atom stereocenters. The fourth-order valence-electron chi connectivity index (χ4n) is 1.69. The Bertz CT molecular complexity index is 785. The van der Waals surface area contributed by atoms with Crippen LogP contribution in [-0.2, 0) is 4.79 Å². The highest BCUT2D eigenvalue weighted by Crippen LogP contribution is 2.12. The fraction of sp³-hybridized carbons (Fsp3) is 0. The molecule has 9 nitrogen and oxygen atoms in total. The maximum atomic E-state index is 11.8. The highest BCUT2D eigenvalue weighted by Gasteiger charge is 2.34. The van der Waals surface area contributed by atoms with Gasteiger partial charge in [-0.25, -0.2) is 14.3 Å². The second-order valence-electron chi connectivity index (χ2n) is 3.82. The van der Waals surface area contributed by atoms with Gasteiger partial charge in [-0.15, -0.1) is 5.10 Å². The maximum absolute atomic E-state index is 11.8. The number of nitrogens with zero attached hydrogens (tertiary/aromatic N) is 5. The second kappa shape index (κ2) is 4.36. The average Bonchev–Trinajstić information content (AvgIpc) is 2.99. The third kappa shape index (κ3) is 1.81. The Balaban J connectivity index is 1.87. The largest absolute Gasteiger partial charge is 0.348 e. The first kappa shape index (κ1) is 11.7. The van der Waals surface area contributed by atoms with E-state index in [1.54, 1.807) is 30.6 Å². The van der Waals surface area contributed by atoms with Crippen LogP contribution in [0.2, 0.25) is 0 Å². The van der Waals surface area contributed by atoms with Crippen molar-refractivity contribution in [2.45, 2.75) is 0 Å². The van der Waals surface area contributed by atoms with Gasteiger partial charge >= 0.3 is 6.03 Å². The first-order chi connectivity index (χ1) is 9.69. The first-order valence-corrected chi connectivity index (χ1v) is 5.51. The highest BCUT2D eigenvalue weighted by atomic mass is 16.2. The minimum absolute atomic E-state index is 0.0892. The summed E-state index contributed by atoms with van der Waals surface area (Å²) in [6, 6.07) is 4.27. The zero-order valence-electron chi connectivity index (χ0n) is 9.94. The van der Waals surface area contributed by atoms with E-state index in [2.05, 4.69) is 20.8 Å². The van der Waals surface area contributed by atoms with Crippen LogP contribution >= 0.6 is 0 Å². The molecule has 0 radical (unpaired) electrons. The van der Waals surface area contributed by atoms with Crippen molar-refractivity contribution in [3.8, 4) is 6.07 Å². The molecule has 1 fully saturated rings. The van der Waals surface area contributed by atoms with E-state index in [4.69, 9.17) is 5.26 Å². The Morgan fingerprint density at radius 3 is 3.05 bits per heavy atom. The summed E-state index contributed by atoms with van der Waals surface area (Å²) in [6.07, 6.45) is 4.18. The molecule has 2 aromatic heterocycles. The first-order valence-electron chi connectivity index (χ1n) is 5.51. The van der Waals surface area contributed by atoms with Crippen molar-refractivity contribution >= 4 is 23.4 Å². The van der Waals surface area contributed by atoms with E-state index >= 15 is 0 Å². The van der Waals surface area contributed by atoms with Gasteiger partial charge in [0.1, 0.15) is 5.70 Å². The van der Waals surface area contributed by atoms with Gasteiger partial charge < -0.3 is 5.32 Å². The van der Waals surface area contributed by atoms with Gasteiger partial charge in [0.05, 0.1) is 6.07 Å². The predicted molar refractivity (Wildman–Crippen MR) is 65.7 cm³/mol. The molecule has 0 spiro atoms. The molecule has 3 amide bonds. The minimum atomic E-state index is -0.677. The van der Waals surface area contributed by atoms with E-state index in [-0.39, 0.29) is 11.5 Å². The number of carbonyl (C=O) groups excluding carboxylic acids is 2. The summed E-state index contributed by atoms with van der Waals surface area (Å²) in [5.74, 6) is -0.360. The number of fused-ring (bicyclic) bond motifs is 1. The van der Waals surface area contributed by atoms with Crippen molar-refractivity contribution in [1.29, 1.82) is 5.26 Å². The number of aromatic nitrogens is 3. The second-order valence-corrected chi connectivity index (χ2v) is 3.82. The number of allylic oxidation sites excluding steroid dienone is 1. The molecule has 0 aliphatic carbocycles. The molecule has 3 rings (SSSR count). The van der Waals surface area contributed by atoms with E-state index in [1.807, 2.05) is 0 Å². The Hall–Kier alpha value is -3.41. The minimum Gasteiger partial charge on any atom is -0.300 e. The number of urea groups is 1. The number of hydrogen-bond donors (Lipinski definition) is 2. The summed E-state index contributed by atoms with van der Waals surface area (Å²) in [5.41, 5.74) is 3.12. The Morgan fingerprint density at radius 2 is 2.25 bits per heavy atom. The van der Waals surface area contributed by atoms with Crippen molar-refractivity contribution < 1.29 is 9.59 Å². The van der Waals surface area contributed by atoms with Gasteiger partial charge in [-0.05, 0) is 12.1 Å². The summed E-state index contributed by atoms with van der Waals surface area (Å²) < 4.78 is 1.49. The number of carbonyl (C=O) groups is 2. The molecule has 2 aromatic rings. The molecule has 1 saturated heterocycles. The molecule has 20 heavy (non-hydrogen) atoms. The van der Waals surface area contributed by atoms with Crippen molar-refractivity contribution in [3.05, 3.63) is 36.3 Å². The summed E-state index contributed by atoms with van der Waals surface area (Å²) in [5, 5.41) is 15.7. The number of hydrazine groups is 1. The van der Waals surface area contributed by atoms with E-state index in [1.165, 1.54) is 4.52 Å². The fourth-order valence-corrected chi connectivity index (χ4v) is 1.69. The predicted octanol–water partition coefficient (Wildman–Crippen LogP) is 0.0155. The normalized spacial score (nSPS) is 16.6. The maximum Gasteiger partial charge on any atom is 0.348 e. The molecular weight excluding hydrogens is 262 g/mol. The molecule has 1 aliphatic heterocycles. The number of amides is 3. The molecule has 0 unspecified atom stereocenters. The lowest BCUT2D eigenvalue weighted by Gasteiger charge is -2.13. The standard InChI is InChI=1S/C11H7N7O2/c12-4-3-7-10(19)18(11(20)14-7)16-8-1-2-9-13-5-6-17(9)15-8/h1-3,5-6H,(H,14,20)(H,15,16)/b7-3-. The van der Waals surface area contributed by atoms with Crippen LogP contribution in [0.3, 0.4) is 0 Å². The Kier molecular flexibility index (Phi) is 2.54. The Labute approximate surface area is 112 Å². The van der Waals surface area contributed by atoms with Gasteiger partial charge in [0.25, 0.3) is 5.91 Å². The third-order valence-electron chi connectivity index (χ3n) is 2.57. The lowest BCUT2D eigenvalue weighted by atomic mass is 10.4. The van der Waals surface area contributed by atoms with Gasteiger partial charge in [-0.1, -0.05) is 0 Å². The van der Waals surface area contributed by atoms with Crippen molar-refractivity contribution in [1.82, 2.24) is 24.9 Å². The smallest absolute Gasteiger partial charge is 0.300 e. The monoisotopic (exact) mass is 269 g/mol. The van der Waals surface area contributed by atoms with Gasteiger partial charge in [-0.3, -0.25) is 10.2 Å². The number of anilines is 1. The SMILES string of the molecule is N#C/C=C1\NC(=O)N(Nc2ccc3nccn3n2)C1=O. The van der Waals surface area contributed by atoms with Crippen LogP contribution in [0, 0.1) is 11.3 Å². The number of nitrogens with one attached hydrogen (secondary N) is 2. The van der Waals surface area contributed by atoms with Crippen molar-refractivity contribution in [2.24, 2.45) is 0 Å². The van der Waals surface area contributed by atoms with Crippen LogP contribution in [0.1, 0.15) is 0 Å². The molecule has 2 N–H and O–H groups in total. The number of rotatable bonds is 2. The number of imide groups is 1. The van der Waals surface area contributed by atoms with Gasteiger partial charge in [0.15, 0.2) is 11.5 Å². The molecule has 3 heterocycles. The van der Waals surface area contributed by atoms with Crippen LogP contribution in [0.4, 0.5) is 10.6 Å². The molecule has 9 heteroatoms. The number of nitriles is 1. The van der Waals surface area contributed by atoms with Crippen LogP contribution < -0.4 is 10.7 Å². The quantitative estimate of drug-likeness (QED) is 0.451. The summed E-state index contributed by atoms with van der Waals surface area (Å²) >= 11 is 0. The molecular formula is C11H7N7O2. The lowest BCUT2D eigenvalue weighted by molar-refractivity contribution is -0.122. The Morgan fingerprint density at radius 1 is 1.40 bits per heavy atom. The van der Waals surface area contributed by atoms with Crippen LogP contribution in [0.15, 0.2) is 36.3 Å². The average molecular weight is 269 g/mol. The van der Waals surface area contributed by atoms with Gasteiger partial charge in [0.2, 0.25) is 0 Å². The number of imidazole rings is 1. The van der Waals surface area contributed by atoms with E-state index in [0.717, 1.165) is 11.1 Å². The molecule has 98 valence electrons. The van der Waals surface area contributed by atoms with Crippen molar-refractivity contribution in [3.63, 3.8) is 0 Å². The van der Waals surface area contributed by atoms with Crippen LogP contribution in [-0.4, -0.2) is 31.5 Å². The molecule has 0 bridgehead atoms. The van der Waals surface area contributed by atoms with Crippen LogP contribution in [0.25, 0.3) is 5.65 Å². The summed E-state index contributed by atoms with van der Waals surface area (Å²) in [7, 11) is 0. The summed E-state index contributed by atoms with van der Waals surface area (Å²) in [4.78, 5) is 27.5. The zero-order valence-corrected chi connectivity index (χ0v) is 9.94. The zero-order chi connectivity index (χ0) is 14.1. The third-order valence-corrected chi connectivity index (χ3v) is 2.57. The molecule has 0 saturated carbocycles. The lowest BCUT2D eigenvalue weighted by Crippen LogP contribution is -2.36. The topological polar surface area (TPSA) is 115 Å². The summed E-state index contributed by atoms with van der Waals surface area (Å²) in [6.45, 7) is 0. The van der Waals surface area contributed by atoms with E-state index in [9.17, 15) is 9.59 Å². The number of hydrogen-bond acceptors (Lipinski definition) is 6. The molecule has 0 aromatic carbocycles. The van der Waals surface area contributed by atoms with E-state index in [0.29, 0.717) is 5.65 Å². The molecule has 1 aliphatic rings. The van der Waals surface area contributed by atoms with Gasteiger partial charge in [-0.2, -0.15) is 10.3 Å².